The van der Waals surface area contributed by atoms with E-state index in [0.717, 1.165) is 57.7 Å². The molecular formula is C39H49FN14O5. The number of rotatable bonds is 11. The van der Waals surface area contributed by atoms with E-state index in [-0.39, 0.29) is 48.0 Å². The van der Waals surface area contributed by atoms with E-state index in [1.807, 2.05) is 20.8 Å². The van der Waals surface area contributed by atoms with Gasteiger partial charge >= 0.3 is 6.03 Å². The van der Waals surface area contributed by atoms with Gasteiger partial charge in [-0.2, -0.15) is 4.98 Å². The minimum atomic E-state index is -0.816. The Balaban J connectivity index is 0.823. The number of carbonyl (C=O) groups is 5. The van der Waals surface area contributed by atoms with Gasteiger partial charge in [-0.25, -0.2) is 14.2 Å². The number of hydrogen-bond donors (Lipinski definition) is 4. The number of nitrogens with one attached hydrogen (secondary N) is 3. The molecule has 3 aromatic rings. The van der Waals surface area contributed by atoms with Gasteiger partial charge in [-0.15, -0.1) is 10.2 Å². The van der Waals surface area contributed by atoms with Gasteiger partial charge in [-0.1, -0.05) is 0 Å². The van der Waals surface area contributed by atoms with E-state index >= 15 is 4.39 Å². The average Bonchev–Trinajstić information content (AvgIpc) is 3.84. The summed E-state index contributed by atoms with van der Waals surface area (Å²) < 4.78 is 15.7. The number of amides is 6. The van der Waals surface area contributed by atoms with Crippen LogP contribution in [0.5, 0.6) is 0 Å². The monoisotopic (exact) mass is 812 g/mol. The fourth-order valence-corrected chi connectivity index (χ4v) is 8.60. The number of imide groups is 1. The summed E-state index contributed by atoms with van der Waals surface area (Å²) in [5.41, 5.74) is 7.46. The second-order valence-electron chi connectivity index (χ2n) is 15.9. The minimum absolute atomic E-state index is 0.00153. The zero-order valence-corrected chi connectivity index (χ0v) is 33.0. The Morgan fingerprint density at radius 2 is 1.75 bits per heavy atom. The number of urea groups is 1. The summed E-state index contributed by atoms with van der Waals surface area (Å²) in [5.74, 6) is -1.72. The van der Waals surface area contributed by atoms with Gasteiger partial charge in [-0.05, 0) is 61.9 Å². The van der Waals surface area contributed by atoms with E-state index in [1.54, 1.807) is 36.3 Å². The van der Waals surface area contributed by atoms with Crippen molar-refractivity contribution in [3.8, 4) is 0 Å². The highest BCUT2D eigenvalue weighted by molar-refractivity contribution is 6.03. The molecule has 5 aliphatic rings. The lowest BCUT2D eigenvalue weighted by atomic mass is 10.0. The highest BCUT2D eigenvalue weighted by Crippen LogP contribution is 2.29. The molecule has 3 atom stereocenters. The molecule has 59 heavy (non-hydrogen) atoms. The number of piperidine rings is 2. The van der Waals surface area contributed by atoms with Crippen LogP contribution in [0.4, 0.5) is 38.0 Å². The van der Waals surface area contributed by atoms with Gasteiger partial charge in [0, 0.05) is 91.1 Å². The molecule has 0 saturated carbocycles. The smallest absolute Gasteiger partial charge is 0.320 e. The molecule has 5 N–H and O–H groups in total. The van der Waals surface area contributed by atoms with Crippen LogP contribution in [0, 0.1) is 11.7 Å². The summed E-state index contributed by atoms with van der Waals surface area (Å²) in [5, 5.41) is 16.2. The van der Waals surface area contributed by atoms with E-state index in [9.17, 15) is 24.0 Å². The Hall–Kier alpha value is -6.18. The number of halogens is 1. The standard InChI is InChI=1S/C39H49FN14O5/c1-49-13-18-54(39(49)59)27-3-2-11-53(23-27)38-46-35(33(34(41)56)47-48-38)43-25-4-8-31(28(40)19-25)51-16-14-50(15-17-51)21-24-10-12-52(22-24)26-5-6-29(42-20-26)36(57)44-30-7-9-32(55)45-37(30)58/h4-6,8,19-20,24,27,30H,2-3,7,9-18,21-23H2,1H3,(H2,41,56)(H,44,57)(H,43,46,48)(H,45,55,58)/t24-,27+,30-/m0/s1. The lowest BCUT2D eigenvalue weighted by Gasteiger charge is -2.37. The van der Waals surface area contributed by atoms with Gasteiger partial charge in [0.15, 0.2) is 11.5 Å². The van der Waals surface area contributed by atoms with Crippen LogP contribution in [-0.2, 0) is 9.59 Å². The van der Waals surface area contributed by atoms with Crippen molar-refractivity contribution in [1.29, 1.82) is 0 Å². The molecule has 5 fully saturated rings. The van der Waals surface area contributed by atoms with Crippen LogP contribution in [0.1, 0.15) is 53.1 Å². The van der Waals surface area contributed by atoms with Gasteiger partial charge in [0.2, 0.25) is 17.8 Å². The largest absolute Gasteiger partial charge is 0.370 e. The van der Waals surface area contributed by atoms with E-state index in [1.165, 1.54) is 6.07 Å². The molecule has 0 radical (unpaired) electrons. The number of piperazine rings is 1. The summed E-state index contributed by atoms with van der Waals surface area (Å²) in [6.07, 6.45) is 4.83. The van der Waals surface area contributed by atoms with E-state index in [2.05, 4.69) is 45.9 Å². The molecule has 19 nitrogen and oxygen atoms in total. The van der Waals surface area contributed by atoms with Gasteiger partial charge in [0.1, 0.15) is 17.6 Å². The number of benzene rings is 1. The van der Waals surface area contributed by atoms with Crippen LogP contribution in [0.2, 0.25) is 0 Å². The summed E-state index contributed by atoms with van der Waals surface area (Å²) in [7, 11) is 1.79. The fourth-order valence-electron chi connectivity index (χ4n) is 8.60. The number of carbonyl (C=O) groups excluding carboxylic acids is 5. The summed E-state index contributed by atoms with van der Waals surface area (Å²) in [6.45, 7) is 8.05. The lowest BCUT2D eigenvalue weighted by molar-refractivity contribution is -0.134. The average molecular weight is 813 g/mol. The zero-order valence-electron chi connectivity index (χ0n) is 33.0. The van der Waals surface area contributed by atoms with Gasteiger partial charge in [0.05, 0.1) is 23.6 Å². The highest BCUT2D eigenvalue weighted by atomic mass is 19.1. The molecule has 0 aliphatic carbocycles. The van der Waals surface area contributed by atoms with Gasteiger partial charge in [-0.3, -0.25) is 29.4 Å². The van der Waals surface area contributed by atoms with Crippen molar-refractivity contribution >= 4 is 58.5 Å². The maximum absolute atomic E-state index is 15.7. The summed E-state index contributed by atoms with van der Waals surface area (Å²) >= 11 is 0. The van der Waals surface area contributed by atoms with Crippen LogP contribution in [0.15, 0.2) is 36.5 Å². The molecule has 1 aromatic carbocycles. The third kappa shape index (κ3) is 8.81. The number of likely N-dealkylation sites (N-methyl/N-ethyl adjacent to an activating group) is 1. The van der Waals surface area contributed by atoms with Crippen molar-refractivity contribution in [3.05, 3.63) is 53.7 Å². The SMILES string of the molecule is CN1CCN([C@@H]2CCCN(c3nnc(C(N)=O)c(Nc4ccc(N5CCN(C[C@@H]6CCN(c7ccc(C(=O)N[C@H]8CCC(=O)NC8=O)nc7)C6)CC5)c(F)c4)n3)C2)C1=O. The number of hydrogen-bond acceptors (Lipinski definition) is 14. The lowest BCUT2D eigenvalue weighted by Crippen LogP contribution is -2.52. The van der Waals surface area contributed by atoms with E-state index in [4.69, 9.17) is 5.73 Å². The Labute approximate surface area is 340 Å². The third-order valence-corrected chi connectivity index (χ3v) is 11.9. The van der Waals surface area contributed by atoms with Crippen molar-refractivity contribution in [1.82, 2.24) is 45.5 Å². The number of aromatic nitrogens is 4. The van der Waals surface area contributed by atoms with Crippen LogP contribution in [0.25, 0.3) is 0 Å². The minimum Gasteiger partial charge on any atom is -0.370 e. The van der Waals surface area contributed by atoms with Crippen molar-refractivity contribution in [3.63, 3.8) is 0 Å². The quantitative estimate of drug-likeness (QED) is 0.197. The van der Waals surface area contributed by atoms with Crippen molar-refractivity contribution in [2.75, 3.05) is 99.1 Å². The van der Waals surface area contributed by atoms with Crippen LogP contribution >= 0.6 is 0 Å². The maximum Gasteiger partial charge on any atom is 0.320 e. The van der Waals surface area contributed by atoms with Crippen molar-refractivity contribution in [2.24, 2.45) is 11.7 Å². The summed E-state index contributed by atoms with van der Waals surface area (Å²) in [4.78, 5) is 82.2. The summed E-state index contributed by atoms with van der Waals surface area (Å²) in [6, 6.07) is 7.60. The second-order valence-corrected chi connectivity index (χ2v) is 15.9. The van der Waals surface area contributed by atoms with Crippen molar-refractivity contribution < 1.29 is 28.4 Å². The number of anilines is 5. The Bertz CT molecular complexity index is 2100. The number of pyridine rings is 1. The second kappa shape index (κ2) is 17.0. The van der Waals surface area contributed by atoms with Crippen LogP contribution < -0.4 is 36.4 Å². The molecule has 0 bridgehead atoms. The number of nitrogens with two attached hydrogens (primary N) is 1. The predicted molar refractivity (Wildman–Crippen MR) is 215 cm³/mol. The molecule has 2 aromatic heterocycles. The molecule has 7 heterocycles. The van der Waals surface area contributed by atoms with Crippen LogP contribution in [-0.4, -0.2) is 156 Å². The van der Waals surface area contributed by atoms with E-state index in [0.29, 0.717) is 62.5 Å². The molecular weight excluding hydrogens is 764 g/mol. The molecule has 5 aliphatic heterocycles. The number of nitrogens with zero attached hydrogens (tertiary/aromatic N) is 10. The molecule has 5 saturated heterocycles. The van der Waals surface area contributed by atoms with Crippen molar-refractivity contribution in [2.45, 2.75) is 44.2 Å². The van der Waals surface area contributed by atoms with Gasteiger partial charge in [0.25, 0.3) is 11.8 Å². The number of primary amides is 1. The highest BCUT2D eigenvalue weighted by Gasteiger charge is 2.35. The van der Waals surface area contributed by atoms with Gasteiger partial charge < -0.3 is 40.9 Å². The normalized spacial score (nSPS) is 22.8. The topological polar surface area (TPSA) is 218 Å². The Morgan fingerprint density at radius 3 is 2.46 bits per heavy atom. The fraction of sp³-hybridized carbons (Fsp3) is 0.513. The molecule has 6 amide bonds. The van der Waals surface area contributed by atoms with Crippen LogP contribution in [0.3, 0.4) is 0 Å². The molecule has 20 heteroatoms. The molecule has 0 spiro atoms. The Kier molecular flexibility index (Phi) is 11.4. The first-order valence-corrected chi connectivity index (χ1v) is 20.2. The third-order valence-electron chi connectivity index (χ3n) is 11.9. The maximum atomic E-state index is 15.7. The molecule has 8 rings (SSSR count). The molecule has 0 unspecified atom stereocenters. The molecule has 312 valence electrons. The first-order valence-electron chi connectivity index (χ1n) is 20.2. The first-order chi connectivity index (χ1) is 28.5. The zero-order chi connectivity index (χ0) is 41.2. The Morgan fingerprint density at radius 1 is 0.915 bits per heavy atom. The first kappa shape index (κ1) is 39.6. The van der Waals surface area contributed by atoms with E-state index < -0.39 is 29.6 Å². The predicted octanol–water partition coefficient (Wildman–Crippen LogP) is 0.768.